The summed E-state index contributed by atoms with van der Waals surface area (Å²) in [7, 11) is 0. The van der Waals surface area contributed by atoms with Crippen LogP contribution in [-0.2, 0) is 23.9 Å². The largest absolute Gasteiger partial charge is 0.418 e. The predicted octanol–water partition coefficient (Wildman–Crippen LogP) is 5.37. The Kier molecular flexibility index (Phi) is 7.10. The molecule has 5 nitrogen and oxygen atoms in total. The first-order chi connectivity index (χ1) is 16.8. The highest BCUT2D eigenvalue weighted by atomic mass is 19.4. The maximum Gasteiger partial charge on any atom is 0.418 e. The van der Waals surface area contributed by atoms with Gasteiger partial charge in [-0.3, -0.25) is 9.59 Å². The maximum absolute atomic E-state index is 13.2. The summed E-state index contributed by atoms with van der Waals surface area (Å²) in [5, 5.41) is 2.29. The molecule has 0 atom stereocenters. The van der Waals surface area contributed by atoms with Crippen molar-refractivity contribution in [2.75, 3.05) is 29.9 Å². The van der Waals surface area contributed by atoms with Crippen LogP contribution in [0.1, 0.15) is 34.0 Å². The summed E-state index contributed by atoms with van der Waals surface area (Å²) in [6, 6.07) is 20.3. The van der Waals surface area contributed by atoms with Crippen LogP contribution in [0, 0.1) is 0 Å². The van der Waals surface area contributed by atoms with Crippen LogP contribution in [0.3, 0.4) is 0 Å². The third-order valence-corrected chi connectivity index (χ3v) is 6.12. The van der Waals surface area contributed by atoms with Crippen LogP contribution < -0.4 is 10.2 Å². The zero-order valence-electron chi connectivity index (χ0n) is 19.3. The molecule has 35 heavy (non-hydrogen) atoms. The minimum atomic E-state index is -4.59. The second kappa shape index (κ2) is 10.2. The van der Waals surface area contributed by atoms with Gasteiger partial charge < -0.3 is 15.1 Å². The van der Waals surface area contributed by atoms with Gasteiger partial charge in [-0.1, -0.05) is 36.4 Å². The summed E-state index contributed by atoms with van der Waals surface area (Å²) in [6.07, 6.45) is -3.64. The van der Waals surface area contributed by atoms with E-state index in [1.807, 2.05) is 24.3 Å². The number of alkyl halides is 3. The molecule has 0 fully saturated rings. The van der Waals surface area contributed by atoms with Crippen molar-refractivity contribution < 1.29 is 22.8 Å². The second-order valence-corrected chi connectivity index (χ2v) is 8.40. The molecule has 0 bridgehead atoms. The highest BCUT2D eigenvalue weighted by molar-refractivity contribution is 5.99. The maximum atomic E-state index is 13.2. The Labute approximate surface area is 202 Å². The van der Waals surface area contributed by atoms with Gasteiger partial charge in [0.1, 0.15) is 6.54 Å². The molecule has 8 heteroatoms. The Morgan fingerprint density at radius 3 is 2.29 bits per heavy atom. The number of fused-ring (bicyclic) bond motifs is 1. The number of amides is 2. The van der Waals surface area contributed by atoms with E-state index >= 15 is 0 Å². The molecule has 0 radical (unpaired) electrons. The van der Waals surface area contributed by atoms with Crippen LogP contribution in [0.15, 0.2) is 72.8 Å². The van der Waals surface area contributed by atoms with Crippen molar-refractivity contribution in [2.45, 2.75) is 26.1 Å². The molecule has 0 saturated heterocycles. The average molecular weight is 482 g/mol. The fourth-order valence-electron chi connectivity index (χ4n) is 4.24. The van der Waals surface area contributed by atoms with Gasteiger partial charge in [0.05, 0.1) is 11.3 Å². The Bertz CT molecular complexity index is 1210. The Balaban J connectivity index is 1.41. The van der Waals surface area contributed by atoms with E-state index in [-0.39, 0.29) is 24.7 Å². The van der Waals surface area contributed by atoms with Crippen molar-refractivity contribution in [1.29, 1.82) is 0 Å². The SMILES string of the molecule is CCN(CC(=O)Nc1ccccc1C(F)(F)F)C(=O)c1ccc(N2CCc3ccccc3C2)cc1. The van der Waals surface area contributed by atoms with Gasteiger partial charge in [0.15, 0.2) is 0 Å². The molecule has 2 amide bonds. The molecular formula is C27H26F3N3O2. The third-order valence-electron chi connectivity index (χ3n) is 6.12. The van der Waals surface area contributed by atoms with Gasteiger partial charge in [-0.15, -0.1) is 0 Å². The molecular weight excluding hydrogens is 455 g/mol. The zero-order chi connectivity index (χ0) is 25.0. The number of halogens is 3. The number of nitrogens with zero attached hydrogens (tertiary/aromatic N) is 2. The fourth-order valence-corrected chi connectivity index (χ4v) is 4.24. The summed E-state index contributed by atoms with van der Waals surface area (Å²) in [6.45, 7) is 3.27. The normalized spacial score (nSPS) is 13.2. The number of nitrogens with one attached hydrogen (secondary N) is 1. The van der Waals surface area contributed by atoms with Crippen LogP contribution in [0.25, 0.3) is 0 Å². The number of carbonyl (C=O) groups is 2. The van der Waals surface area contributed by atoms with Gasteiger partial charge in [-0.25, -0.2) is 0 Å². The molecule has 1 aliphatic heterocycles. The standard InChI is InChI=1S/C27H26F3N3O2/c1-2-32(18-25(34)31-24-10-6-5-9-23(24)27(28,29)30)26(35)20-11-13-22(14-12-20)33-16-15-19-7-3-4-8-21(19)17-33/h3-14H,2,15-18H2,1H3,(H,31,34). The number of likely N-dealkylation sites (N-methyl/N-ethyl adjacent to an activating group) is 1. The molecule has 1 N–H and O–H groups in total. The fraction of sp³-hybridized carbons (Fsp3) is 0.259. The van der Waals surface area contributed by atoms with Crippen LogP contribution in [0.5, 0.6) is 0 Å². The van der Waals surface area contributed by atoms with Gasteiger partial charge in [0.2, 0.25) is 5.91 Å². The summed E-state index contributed by atoms with van der Waals surface area (Å²) in [5.41, 5.74) is 2.79. The van der Waals surface area contributed by atoms with Gasteiger partial charge in [0, 0.05) is 30.9 Å². The van der Waals surface area contributed by atoms with E-state index in [0.717, 1.165) is 31.3 Å². The lowest BCUT2D eigenvalue weighted by atomic mass is 9.99. The lowest BCUT2D eigenvalue weighted by molar-refractivity contribution is -0.137. The molecule has 0 unspecified atom stereocenters. The van der Waals surface area contributed by atoms with E-state index in [0.29, 0.717) is 5.56 Å². The number of benzene rings is 3. The molecule has 4 rings (SSSR count). The zero-order valence-corrected chi connectivity index (χ0v) is 19.3. The molecule has 0 aromatic heterocycles. The minimum Gasteiger partial charge on any atom is -0.367 e. The summed E-state index contributed by atoms with van der Waals surface area (Å²) in [4.78, 5) is 29.0. The Morgan fingerprint density at radius 1 is 0.943 bits per heavy atom. The molecule has 0 spiro atoms. The molecule has 182 valence electrons. The van der Waals surface area contributed by atoms with Gasteiger partial charge in [-0.05, 0) is 60.9 Å². The molecule has 1 heterocycles. The van der Waals surface area contributed by atoms with Crippen molar-refractivity contribution >= 4 is 23.2 Å². The van der Waals surface area contributed by atoms with Gasteiger partial charge >= 0.3 is 6.18 Å². The third kappa shape index (κ3) is 5.65. The van der Waals surface area contributed by atoms with Crippen molar-refractivity contribution in [2.24, 2.45) is 0 Å². The predicted molar refractivity (Wildman–Crippen MR) is 129 cm³/mol. The first kappa shape index (κ1) is 24.3. The molecule has 3 aromatic rings. The number of para-hydroxylation sites is 1. The first-order valence-corrected chi connectivity index (χ1v) is 11.4. The lowest BCUT2D eigenvalue weighted by Crippen LogP contribution is -2.38. The van der Waals surface area contributed by atoms with E-state index in [9.17, 15) is 22.8 Å². The van der Waals surface area contributed by atoms with E-state index in [1.54, 1.807) is 19.1 Å². The molecule has 1 aliphatic rings. The quantitative estimate of drug-likeness (QED) is 0.515. The first-order valence-electron chi connectivity index (χ1n) is 11.4. The summed E-state index contributed by atoms with van der Waals surface area (Å²) < 4.78 is 39.6. The van der Waals surface area contributed by atoms with Crippen molar-refractivity contribution in [1.82, 2.24) is 4.90 Å². The Morgan fingerprint density at radius 2 is 1.60 bits per heavy atom. The number of anilines is 2. The number of hydrogen-bond donors (Lipinski definition) is 1. The van der Waals surface area contributed by atoms with E-state index in [4.69, 9.17) is 0 Å². The van der Waals surface area contributed by atoms with Crippen molar-refractivity contribution in [3.05, 3.63) is 95.1 Å². The van der Waals surface area contributed by atoms with Crippen LogP contribution in [-0.4, -0.2) is 36.3 Å². The monoisotopic (exact) mass is 481 g/mol. The second-order valence-electron chi connectivity index (χ2n) is 8.40. The van der Waals surface area contributed by atoms with E-state index in [2.05, 4.69) is 22.3 Å². The molecule has 0 saturated carbocycles. The smallest absolute Gasteiger partial charge is 0.367 e. The number of hydrogen-bond acceptors (Lipinski definition) is 3. The molecule has 3 aromatic carbocycles. The van der Waals surface area contributed by atoms with E-state index < -0.39 is 17.6 Å². The lowest BCUT2D eigenvalue weighted by Gasteiger charge is -2.31. The van der Waals surface area contributed by atoms with Crippen LogP contribution >= 0.6 is 0 Å². The summed E-state index contributed by atoms with van der Waals surface area (Å²) >= 11 is 0. The van der Waals surface area contributed by atoms with E-state index in [1.165, 1.54) is 34.2 Å². The van der Waals surface area contributed by atoms with Crippen molar-refractivity contribution in [3.8, 4) is 0 Å². The average Bonchev–Trinajstić information content (AvgIpc) is 2.86. The molecule has 0 aliphatic carbocycles. The Hall–Kier alpha value is -3.81. The van der Waals surface area contributed by atoms with Gasteiger partial charge in [0.25, 0.3) is 5.91 Å². The minimum absolute atomic E-state index is 0.234. The van der Waals surface area contributed by atoms with Gasteiger partial charge in [-0.2, -0.15) is 13.2 Å². The highest BCUT2D eigenvalue weighted by Crippen LogP contribution is 2.34. The van der Waals surface area contributed by atoms with Crippen LogP contribution in [0.4, 0.5) is 24.5 Å². The number of carbonyl (C=O) groups excluding carboxylic acids is 2. The topological polar surface area (TPSA) is 52.7 Å². The highest BCUT2D eigenvalue weighted by Gasteiger charge is 2.33. The number of rotatable bonds is 6. The van der Waals surface area contributed by atoms with Crippen LogP contribution in [0.2, 0.25) is 0 Å². The van der Waals surface area contributed by atoms with Crippen molar-refractivity contribution in [3.63, 3.8) is 0 Å². The summed E-state index contributed by atoms with van der Waals surface area (Å²) in [5.74, 6) is -1.05.